The van der Waals surface area contributed by atoms with Gasteiger partial charge in [-0.2, -0.15) is 0 Å². The molecule has 2 rings (SSSR count). The molecule has 0 saturated heterocycles. The van der Waals surface area contributed by atoms with Crippen molar-refractivity contribution in [3.05, 3.63) is 21.9 Å². The first kappa shape index (κ1) is 14.0. The number of nitrogens with one attached hydrogen (secondary N) is 2. The van der Waals surface area contributed by atoms with Crippen molar-refractivity contribution in [2.45, 2.75) is 26.3 Å². The van der Waals surface area contributed by atoms with Crippen molar-refractivity contribution in [3.8, 4) is 0 Å². The summed E-state index contributed by atoms with van der Waals surface area (Å²) in [5.74, 6) is -0.243. The Morgan fingerprint density at radius 3 is 3.11 bits per heavy atom. The maximum absolute atomic E-state index is 11.7. The molecule has 0 spiro atoms. The fourth-order valence-corrected chi connectivity index (χ4v) is 2.98. The summed E-state index contributed by atoms with van der Waals surface area (Å²) in [6, 6.07) is 1.71. The van der Waals surface area contributed by atoms with E-state index in [9.17, 15) is 9.59 Å². The van der Waals surface area contributed by atoms with Crippen LogP contribution in [0.4, 0.5) is 4.79 Å². The number of fused-ring (bicyclic) bond motifs is 1. The minimum absolute atomic E-state index is 0.243. The van der Waals surface area contributed by atoms with Gasteiger partial charge in [-0.15, -0.1) is 11.3 Å². The highest BCUT2D eigenvalue weighted by atomic mass is 32.1. The zero-order valence-electron chi connectivity index (χ0n) is 11.1. The van der Waals surface area contributed by atoms with Crippen LogP contribution < -0.4 is 10.6 Å². The average Bonchev–Trinajstić information content (AvgIpc) is 2.83. The highest BCUT2D eigenvalue weighted by Crippen LogP contribution is 2.23. The third-order valence-electron chi connectivity index (χ3n) is 3.04. The standard InChI is InChI=1S/C13H19N3O2S/c1-2-5-14-13(18)15-12(17)9-16-6-3-11-10(8-16)4-7-19-11/h4,7H,2-3,5-6,8-9H2,1H3,(H2,14,15,17,18). The van der Waals surface area contributed by atoms with Gasteiger partial charge in [0.2, 0.25) is 5.91 Å². The normalized spacial score (nSPS) is 14.8. The zero-order valence-corrected chi connectivity index (χ0v) is 11.9. The number of carbonyl (C=O) groups is 2. The predicted octanol–water partition coefficient (Wildman–Crippen LogP) is 1.34. The lowest BCUT2D eigenvalue weighted by molar-refractivity contribution is -0.121. The van der Waals surface area contributed by atoms with Crippen LogP contribution in [-0.2, 0) is 17.8 Å². The molecule has 3 amide bonds. The molecule has 0 aromatic carbocycles. The fourth-order valence-electron chi connectivity index (χ4n) is 2.09. The van der Waals surface area contributed by atoms with Crippen molar-refractivity contribution in [2.75, 3.05) is 19.6 Å². The summed E-state index contributed by atoms with van der Waals surface area (Å²) < 4.78 is 0. The van der Waals surface area contributed by atoms with Gasteiger partial charge in [-0.05, 0) is 29.9 Å². The monoisotopic (exact) mass is 281 g/mol. The molecule has 0 bridgehead atoms. The highest BCUT2D eigenvalue weighted by Gasteiger charge is 2.19. The second-order valence-corrected chi connectivity index (χ2v) is 5.63. The minimum atomic E-state index is -0.403. The van der Waals surface area contributed by atoms with E-state index < -0.39 is 6.03 Å². The zero-order chi connectivity index (χ0) is 13.7. The van der Waals surface area contributed by atoms with E-state index in [2.05, 4.69) is 27.0 Å². The van der Waals surface area contributed by atoms with E-state index in [1.165, 1.54) is 10.4 Å². The number of imide groups is 1. The first-order valence-electron chi connectivity index (χ1n) is 6.54. The Balaban J connectivity index is 1.76. The van der Waals surface area contributed by atoms with Gasteiger partial charge in [0.05, 0.1) is 6.54 Å². The first-order valence-corrected chi connectivity index (χ1v) is 7.42. The van der Waals surface area contributed by atoms with Crippen LogP contribution >= 0.6 is 11.3 Å². The predicted molar refractivity (Wildman–Crippen MR) is 75.1 cm³/mol. The number of nitrogens with zero attached hydrogens (tertiary/aromatic N) is 1. The van der Waals surface area contributed by atoms with E-state index in [-0.39, 0.29) is 12.5 Å². The van der Waals surface area contributed by atoms with Crippen LogP contribution in [0, 0.1) is 0 Å². The molecule has 2 heterocycles. The molecular weight excluding hydrogens is 262 g/mol. The summed E-state index contributed by atoms with van der Waals surface area (Å²) in [5, 5.41) is 7.07. The van der Waals surface area contributed by atoms with Crippen LogP contribution in [0.5, 0.6) is 0 Å². The molecule has 0 saturated carbocycles. The molecule has 0 radical (unpaired) electrons. The summed E-state index contributed by atoms with van der Waals surface area (Å²) in [6.07, 6.45) is 1.84. The number of carbonyl (C=O) groups excluding carboxylic acids is 2. The van der Waals surface area contributed by atoms with E-state index in [1.807, 2.05) is 6.92 Å². The summed E-state index contributed by atoms with van der Waals surface area (Å²) in [4.78, 5) is 26.6. The number of amides is 3. The van der Waals surface area contributed by atoms with Crippen LogP contribution in [0.1, 0.15) is 23.8 Å². The van der Waals surface area contributed by atoms with Crippen LogP contribution in [-0.4, -0.2) is 36.5 Å². The van der Waals surface area contributed by atoms with Crippen molar-refractivity contribution in [3.63, 3.8) is 0 Å². The average molecular weight is 281 g/mol. The van der Waals surface area contributed by atoms with Crippen molar-refractivity contribution < 1.29 is 9.59 Å². The van der Waals surface area contributed by atoms with Gasteiger partial charge in [0.15, 0.2) is 0 Å². The summed E-state index contributed by atoms with van der Waals surface area (Å²) in [5.41, 5.74) is 1.31. The SMILES string of the molecule is CCCNC(=O)NC(=O)CN1CCc2sccc2C1. The number of hydrogen-bond acceptors (Lipinski definition) is 4. The Hall–Kier alpha value is -1.40. The molecule has 6 heteroatoms. The maximum atomic E-state index is 11.7. The highest BCUT2D eigenvalue weighted by molar-refractivity contribution is 7.10. The Morgan fingerprint density at radius 1 is 1.47 bits per heavy atom. The van der Waals surface area contributed by atoms with Crippen molar-refractivity contribution in [1.29, 1.82) is 0 Å². The summed E-state index contributed by atoms with van der Waals surface area (Å²) >= 11 is 1.77. The quantitative estimate of drug-likeness (QED) is 0.875. The van der Waals surface area contributed by atoms with Crippen LogP contribution in [0.3, 0.4) is 0 Å². The first-order chi connectivity index (χ1) is 9.19. The molecule has 0 unspecified atom stereocenters. The van der Waals surface area contributed by atoms with E-state index in [0.29, 0.717) is 6.54 Å². The molecule has 104 valence electrons. The number of thiophene rings is 1. The Morgan fingerprint density at radius 2 is 2.32 bits per heavy atom. The molecule has 0 fully saturated rings. The molecule has 19 heavy (non-hydrogen) atoms. The number of rotatable bonds is 4. The third-order valence-corrected chi connectivity index (χ3v) is 4.07. The molecule has 2 N–H and O–H groups in total. The van der Waals surface area contributed by atoms with Gasteiger partial charge in [0.1, 0.15) is 0 Å². The van der Waals surface area contributed by atoms with Gasteiger partial charge >= 0.3 is 6.03 Å². The second-order valence-electron chi connectivity index (χ2n) is 4.63. The molecule has 5 nitrogen and oxygen atoms in total. The maximum Gasteiger partial charge on any atom is 0.321 e. The van der Waals surface area contributed by atoms with Crippen LogP contribution in [0.25, 0.3) is 0 Å². The van der Waals surface area contributed by atoms with Crippen molar-refractivity contribution in [1.82, 2.24) is 15.5 Å². The van der Waals surface area contributed by atoms with Gasteiger partial charge in [-0.3, -0.25) is 15.0 Å². The molecule has 1 aromatic heterocycles. The second kappa shape index (κ2) is 6.68. The smallest absolute Gasteiger partial charge is 0.321 e. The molecular formula is C13H19N3O2S. The summed E-state index contributed by atoms with van der Waals surface area (Å²) in [6.45, 7) is 4.49. The molecule has 1 aliphatic rings. The van der Waals surface area contributed by atoms with Crippen molar-refractivity contribution in [2.24, 2.45) is 0 Å². The largest absolute Gasteiger partial charge is 0.338 e. The lowest BCUT2D eigenvalue weighted by atomic mass is 10.1. The lowest BCUT2D eigenvalue weighted by Crippen LogP contribution is -2.45. The summed E-state index contributed by atoms with van der Waals surface area (Å²) in [7, 11) is 0. The van der Waals surface area contributed by atoms with Crippen LogP contribution in [0.2, 0.25) is 0 Å². The van der Waals surface area contributed by atoms with Crippen molar-refractivity contribution >= 4 is 23.3 Å². The van der Waals surface area contributed by atoms with Gasteiger partial charge in [-0.25, -0.2) is 4.79 Å². The molecule has 1 aliphatic heterocycles. The Bertz CT molecular complexity index is 458. The van der Waals surface area contributed by atoms with Gasteiger partial charge in [0.25, 0.3) is 0 Å². The van der Waals surface area contributed by atoms with Gasteiger partial charge in [0, 0.05) is 24.5 Å². The van der Waals surface area contributed by atoms with Gasteiger partial charge in [-0.1, -0.05) is 6.92 Å². The Labute approximate surface area is 117 Å². The van der Waals surface area contributed by atoms with E-state index in [0.717, 1.165) is 25.9 Å². The number of urea groups is 1. The van der Waals surface area contributed by atoms with Gasteiger partial charge < -0.3 is 5.32 Å². The molecule has 1 aromatic rings. The van der Waals surface area contributed by atoms with E-state index in [1.54, 1.807) is 11.3 Å². The Kier molecular flexibility index (Phi) is 4.93. The topological polar surface area (TPSA) is 61.4 Å². The van der Waals surface area contributed by atoms with E-state index in [4.69, 9.17) is 0 Å². The molecule has 0 aliphatic carbocycles. The van der Waals surface area contributed by atoms with E-state index >= 15 is 0 Å². The fraction of sp³-hybridized carbons (Fsp3) is 0.538. The number of hydrogen-bond donors (Lipinski definition) is 2. The van der Waals surface area contributed by atoms with Crippen LogP contribution in [0.15, 0.2) is 11.4 Å². The lowest BCUT2D eigenvalue weighted by Gasteiger charge is -2.25. The molecule has 0 atom stereocenters. The minimum Gasteiger partial charge on any atom is -0.338 e. The third kappa shape index (κ3) is 4.04.